The topological polar surface area (TPSA) is 80.9 Å². The van der Waals surface area contributed by atoms with Crippen molar-refractivity contribution in [2.24, 2.45) is 7.05 Å². The zero-order valence-electron chi connectivity index (χ0n) is 14.1. The number of aromatic nitrogens is 5. The van der Waals surface area contributed by atoms with Crippen molar-refractivity contribution in [3.63, 3.8) is 0 Å². The lowest BCUT2D eigenvalue weighted by molar-refractivity contribution is 0.569. The summed E-state index contributed by atoms with van der Waals surface area (Å²) in [4.78, 5) is 28.8. The minimum Gasteiger partial charge on any atom is -0.340 e. The summed E-state index contributed by atoms with van der Waals surface area (Å²) in [6.07, 6.45) is 1.75. The van der Waals surface area contributed by atoms with Gasteiger partial charge in [-0.15, -0.1) is 11.3 Å². The van der Waals surface area contributed by atoms with Gasteiger partial charge in [0.1, 0.15) is 0 Å². The Morgan fingerprint density at radius 1 is 1.32 bits per heavy atom. The minimum atomic E-state index is -0.0696. The van der Waals surface area contributed by atoms with E-state index in [0.717, 1.165) is 36.5 Å². The summed E-state index contributed by atoms with van der Waals surface area (Å²) in [5, 5.41) is 5.86. The Bertz CT molecular complexity index is 941. The molecule has 0 bridgehead atoms. The third kappa shape index (κ3) is 2.94. The van der Waals surface area contributed by atoms with E-state index in [0.29, 0.717) is 22.9 Å². The highest BCUT2D eigenvalue weighted by molar-refractivity contribution is 8.00. The van der Waals surface area contributed by atoms with Gasteiger partial charge in [-0.25, -0.2) is 9.97 Å². The molecule has 0 saturated carbocycles. The fourth-order valence-electron chi connectivity index (χ4n) is 2.97. The van der Waals surface area contributed by atoms with Crippen molar-refractivity contribution in [2.45, 2.75) is 23.0 Å². The molecule has 4 rings (SSSR count). The average Bonchev–Trinajstić information content (AvgIpc) is 3.27. The second kappa shape index (κ2) is 6.77. The first kappa shape index (κ1) is 16.6. The lowest BCUT2D eigenvalue weighted by Gasteiger charge is -2.28. The number of hydrogen-bond acceptors (Lipinski definition) is 8. The first-order valence-corrected chi connectivity index (χ1v) is 9.89. The number of fused-ring (bicyclic) bond motifs is 1. The van der Waals surface area contributed by atoms with Gasteiger partial charge in [-0.3, -0.25) is 9.36 Å². The third-order valence-electron chi connectivity index (χ3n) is 4.23. The maximum atomic E-state index is 13.0. The van der Waals surface area contributed by atoms with Crippen LogP contribution in [0.25, 0.3) is 11.2 Å². The summed E-state index contributed by atoms with van der Waals surface area (Å²) in [5.74, 6) is 0.833. The van der Waals surface area contributed by atoms with Gasteiger partial charge < -0.3 is 14.8 Å². The Morgan fingerprint density at radius 2 is 2.12 bits per heavy atom. The van der Waals surface area contributed by atoms with Gasteiger partial charge in [0.2, 0.25) is 5.95 Å². The van der Waals surface area contributed by atoms with Gasteiger partial charge in [0.25, 0.3) is 5.56 Å². The third-order valence-corrected chi connectivity index (χ3v) is 6.16. The molecule has 132 valence electrons. The first-order valence-electron chi connectivity index (χ1n) is 8.19. The summed E-state index contributed by atoms with van der Waals surface area (Å²) >= 11 is 2.92. The summed E-state index contributed by atoms with van der Waals surface area (Å²) in [6.45, 7) is 6.32. The predicted octanol–water partition coefficient (Wildman–Crippen LogP) is 1.17. The zero-order valence-corrected chi connectivity index (χ0v) is 15.7. The molecule has 0 radical (unpaired) electrons. The fraction of sp³-hybridized carbons (Fsp3) is 0.467. The second-order valence-corrected chi connectivity index (χ2v) is 7.83. The van der Waals surface area contributed by atoms with Crippen molar-refractivity contribution in [3.05, 3.63) is 21.9 Å². The van der Waals surface area contributed by atoms with Crippen LogP contribution in [0.3, 0.4) is 0 Å². The molecule has 4 heterocycles. The molecule has 3 aromatic rings. The Morgan fingerprint density at radius 3 is 2.80 bits per heavy atom. The van der Waals surface area contributed by atoms with Crippen LogP contribution in [0.5, 0.6) is 0 Å². The number of hydrogen-bond donors (Lipinski definition) is 1. The van der Waals surface area contributed by atoms with Gasteiger partial charge in [0.15, 0.2) is 20.7 Å². The highest BCUT2D eigenvalue weighted by atomic mass is 32.2. The number of aryl methyl sites for hydroxylation is 1. The summed E-state index contributed by atoms with van der Waals surface area (Å²) in [7, 11) is 1.75. The standard InChI is InChI=1S/C15H19N7OS2/c1-3-22-10-11(18-13(22)21-7-4-16-5-8-21)19-14(20(2)12(10)23)25-15-17-6-9-24-15/h6,9,16H,3-5,7-8H2,1-2H3. The number of thiazole rings is 1. The molecule has 1 saturated heterocycles. The number of anilines is 1. The summed E-state index contributed by atoms with van der Waals surface area (Å²) < 4.78 is 4.43. The molecule has 1 N–H and O–H groups in total. The van der Waals surface area contributed by atoms with E-state index in [1.807, 2.05) is 16.9 Å². The van der Waals surface area contributed by atoms with Crippen LogP contribution in [0.2, 0.25) is 0 Å². The maximum Gasteiger partial charge on any atom is 0.280 e. The summed E-state index contributed by atoms with van der Waals surface area (Å²) in [6, 6.07) is 0. The Kier molecular flexibility index (Phi) is 4.48. The summed E-state index contributed by atoms with van der Waals surface area (Å²) in [5.41, 5.74) is 1.01. The van der Waals surface area contributed by atoms with Gasteiger partial charge in [-0.1, -0.05) is 0 Å². The van der Waals surface area contributed by atoms with E-state index in [-0.39, 0.29) is 5.56 Å². The largest absolute Gasteiger partial charge is 0.340 e. The fourth-order valence-corrected chi connectivity index (χ4v) is 4.53. The monoisotopic (exact) mass is 377 g/mol. The smallest absolute Gasteiger partial charge is 0.280 e. The highest BCUT2D eigenvalue weighted by Crippen LogP contribution is 2.28. The molecule has 0 spiro atoms. The van der Waals surface area contributed by atoms with E-state index in [2.05, 4.69) is 20.2 Å². The van der Waals surface area contributed by atoms with Crippen molar-refractivity contribution in [3.8, 4) is 0 Å². The van der Waals surface area contributed by atoms with Gasteiger partial charge in [0, 0.05) is 51.3 Å². The van der Waals surface area contributed by atoms with Crippen molar-refractivity contribution >= 4 is 40.2 Å². The first-order chi connectivity index (χ1) is 12.2. The van der Waals surface area contributed by atoms with Crippen molar-refractivity contribution < 1.29 is 0 Å². The van der Waals surface area contributed by atoms with E-state index in [9.17, 15) is 4.79 Å². The predicted molar refractivity (Wildman–Crippen MR) is 99.8 cm³/mol. The molecule has 0 aromatic carbocycles. The van der Waals surface area contributed by atoms with Gasteiger partial charge in [0.05, 0.1) is 0 Å². The van der Waals surface area contributed by atoms with Gasteiger partial charge >= 0.3 is 0 Å². The van der Waals surface area contributed by atoms with Crippen LogP contribution < -0.4 is 15.8 Å². The SMILES string of the molecule is CCn1c(N2CCNCC2)nc2nc(Sc3nccs3)n(C)c(=O)c21. The normalized spacial score (nSPS) is 15.2. The van der Waals surface area contributed by atoms with E-state index in [4.69, 9.17) is 4.98 Å². The minimum absolute atomic E-state index is 0.0696. The zero-order chi connectivity index (χ0) is 17.4. The quantitative estimate of drug-likeness (QED) is 0.684. The number of piperazine rings is 1. The number of rotatable bonds is 4. The molecular weight excluding hydrogens is 358 g/mol. The molecule has 3 aromatic heterocycles. The average molecular weight is 377 g/mol. The highest BCUT2D eigenvalue weighted by Gasteiger charge is 2.22. The van der Waals surface area contributed by atoms with Crippen molar-refractivity contribution in [2.75, 3.05) is 31.1 Å². The lowest BCUT2D eigenvalue weighted by Crippen LogP contribution is -2.44. The van der Waals surface area contributed by atoms with Crippen LogP contribution in [0, 0.1) is 0 Å². The van der Waals surface area contributed by atoms with E-state index in [1.54, 1.807) is 17.8 Å². The van der Waals surface area contributed by atoms with Crippen LogP contribution in [-0.2, 0) is 13.6 Å². The van der Waals surface area contributed by atoms with Gasteiger partial charge in [-0.05, 0) is 18.7 Å². The number of imidazole rings is 1. The molecule has 1 fully saturated rings. The molecule has 1 aliphatic rings. The molecule has 10 heteroatoms. The van der Waals surface area contributed by atoms with Crippen LogP contribution in [0.15, 0.2) is 25.9 Å². The van der Waals surface area contributed by atoms with E-state index >= 15 is 0 Å². The van der Waals surface area contributed by atoms with Crippen LogP contribution in [0.1, 0.15) is 6.92 Å². The Labute approximate surface area is 152 Å². The molecule has 25 heavy (non-hydrogen) atoms. The number of nitrogens with one attached hydrogen (secondary N) is 1. The maximum absolute atomic E-state index is 13.0. The molecule has 1 aliphatic heterocycles. The van der Waals surface area contributed by atoms with Gasteiger partial charge in [-0.2, -0.15) is 4.98 Å². The molecular formula is C15H19N7OS2. The Balaban J connectivity index is 1.84. The van der Waals surface area contributed by atoms with E-state index < -0.39 is 0 Å². The van der Waals surface area contributed by atoms with Crippen LogP contribution in [-0.4, -0.2) is 50.3 Å². The number of nitrogens with zero attached hydrogens (tertiary/aromatic N) is 6. The molecule has 0 atom stereocenters. The lowest BCUT2D eigenvalue weighted by atomic mass is 10.4. The van der Waals surface area contributed by atoms with Crippen molar-refractivity contribution in [1.29, 1.82) is 0 Å². The molecule has 0 aliphatic carbocycles. The Hall–Kier alpha value is -1.91. The van der Waals surface area contributed by atoms with Crippen LogP contribution in [0.4, 0.5) is 5.95 Å². The molecule has 0 unspecified atom stereocenters. The van der Waals surface area contributed by atoms with Crippen LogP contribution >= 0.6 is 23.1 Å². The van der Waals surface area contributed by atoms with E-state index in [1.165, 1.54) is 23.1 Å². The second-order valence-electron chi connectivity index (χ2n) is 5.72. The molecule has 0 amide bonds. The molecule has 8 nitrogen and oxygen atoms in total. The van der Waals surface area contributed by atoms with Crippen molar-refractivity contribution in [1.82, 2.24) is 29.4 Å².